The zero-order valence-corrected chi connectivity index (χ0v) is 17.8. The van der Waals surface area contributed by atoms with E-state index in [2.05, 4.69) is 10.3 Å². The van der Waals surface area contributed by atoms with E-state index in [1.54, 1.807) is 6.92 Å². The first-order valence-corrected chi connectivity index (χ1v) is 10.2. The van der Waals surface area contributed by atoms with Crippen LogP contribution in [0.25, 0.3) is 10.4 Å². The fraction of sp³-hybridized carbons (Fsp3) is 0.474. The number of aromatic nitrogens is 1. The number of likely N-dealkylation sites (tertiary alicyclic amines) is 1. The number of nitrogens with zero attached hydrogens (tertiary/aromatic N) is 2. The van der Waals surface area contributed by atoms with Crippen LogP contribution in [-0.2, 0) is 10.2 Å². The average Bonchev–Trinajstić information content (AvgIpc) is 3.27. The molecule has 0 radical (unpaired) electrons. The Kier molecular flexibility index (Phi) is 5.87. The molecular weight excluding hydrogens is 437 g/mol. The summed E-state index contributed by atoms with van der Waals surface area (Å²) >= 11 is 0.997. The fourth-order valence-electron chi connectivity index (χ4n) is 3.24. The number of aryl methyl sites for hydroxylation is 1. The summed E-state index contributed by atoms with van der Waals surface area (Å²) in [6, 6.07) is 0.982. The maximum atomic E-state index is 13.4. The number of hydrogen-bond acceptors (Lipinski definition) is 6. The van der Waals surface area contributed by atoms with Gasteiger partial charge in [-0.15, -0.1) is 0 Å². The molecule has 2 aromatic heterocycles. The lowest BCUT2D eigenvalue weighted by atomic mass is 9.88. The third kappa shape index (κ3) is 4.43. The Morgan fingerprint density at radius 1 is 1.32 bits per heavy atom. The van der Waals surface area contributed by atoms with Crippen molar-refractivity contribution < 1.29 is 27.2 Å². The summed E-state index contributed by atoms with van der Waals surface area (Å²) in [5, 5.41) is 2.77. The molecule has 0 spiro atoms. The van der Waals surface area contributed by atoms with Gasteiger partial charge in [-0.05, 0) is 39.7 Å². The first kappa shape index (κ1) is 22.8. The van der Waals surface area contributed by atoms with E-state index in [9.17, 15) is 27.6 Å². The van der Waals surface area contributed by atoms with Crippen molar-refractivity contribution in [2.24, 2.45) is 5.73 Å². The molecule has 168 valence electrons. The number of urea groups is 1. The van der Waals surface area contributed by atoms with Crippen molar-refractivity contribution in [2.75, 3.05) is 11.9 Å². The number of nitrogens with one attached hydrogen (secondary N) is 1. The van der Waals surface area contributed by atoms with Gasteiger partial charge in [-0.1, -0.05) is 11.3 Å². The number of anilines is 1. The Morgan fingerprint density at radius 3 is 2.61 bits per heavy atom. The largest absolute Gasteiger partial charge is 0.427 e. The van der Waals surface area contributed by atoms with E-state index in [0.717, 1.165) is 37.3 Å². The average molecular weight is 458 g/mol. The van der Waals surface area contributed by atoms with Crippen molar-refractivity contribution in [3.63, 3.8) is 0 Å². The lowest BCUT2D eigenvalue weighted by molar-refractivity contribution is -0.185. The van der Waals surface area contributed by atoms with E-state index in [1.165, 1.54) is 4.90 Å². The van der Waals surface area contributed by atoms with E-state index < -0.39 is 41.0 Å². The normalized spacial score (nSPS) is 17.1. The first-order valence-electron chi connectivity index (χ1n) is 9.38. The maximum absolute atomic E-state index is 13.4. The Labute approximate surface area is 179 Å². The number of carbonyl (C=O) groups excluding carboxylic acids is 2. The van der Waals surface area contributed by atoms with Crippen molar-refractivity contribution in [3.8, 4) is 10.4 Å². The number of alkyl halides is 3. The van der Waals surface area contributed by atoms with Crippen LogP contribution in [0, 0.1) is 6.92 Å². The molecule has 8 nitrogen and oxygen atoms in total. The van der Waals surface area contributed by atoms with Gasteiger partial charge in [-0.2, -0.15) is 13.2 Å². The molecule has 1 aliphatic rings. The Bertz CT molecular complexity index is 1080. The number of halogens is 3. The molecule has 1 saturated heterocycles. The van der Waals surface area contributed by atoms with E-state index in [1.807, 2.05) is 0 Å². The highest BCUT2D eigenvalue weighted by Crippen LogP contribution is 2.42. The molecule has 1 fully saturated rings. The van der Waals surface area contributed by atoms with Gasteiger partial charge in [0.25, 0.3) is 0 Å². The van der Waals surface area contributed by atoms with Crippen LogP contribution in [0.5, 0.6) is 0 Å². The van der Waals surface area contributed by atoms with E-state index >= 15 is 0 Å². The predicted molar refractivity (Wildman–Crippen MR) is 108 cm³/mol. The van der Waals surface area contributed by atoms with Crippen molar-refractivity contribution in [3.05, 3.63) is 34.0 Å². The Hall–Kier alpha value is -2.89. The molecule has 12 heteroatoms. The lowest BCUT2D eigenvalue weighted by Crippen LogP contribution is -2.45. The predicted octanol–water partition coefficient (Wildman–Crippen LogP) is 3.39. The van der Waals surface area contributed by atoms with Crippen LogP contribution >= 0.6 is 11.3 Å². The third-order valence-electron chi connectivity index (χ3n) is 5.21. The molecule has 1 unspecified atom stereocenters. The molecule has 3 N–H and O–H groups in total. The highest BCUT2D eigenvalue weighted by atomic mass is 32.1. The van der Waals surface area contributed by atoms with Gasteiger partial charge in [-0.25, -0.2) is 14.6 Å². The van der Waals surface area contributed by atoms with Gasteiger partial charge < -0.3 is 15.1 Å². The van der Waals surface area contributed by atoms with Crippen LogP contribution in [0.15, 0.2) is 21.3 Å². The van der Waals surface area contributed by atoms with Gasteiger partial charge in [0.1, 0.15) is 17.2 Å². The first-order chi connectivity index (χ1) is 14.3. The van der Waals surface area contributed by atoms with Crippen molar-refractivity contribution in [1.29, 1.82) is 0 Å². The van der Waals surface area contributed by atoms with Gasteiger partial charge >= 0.3 is 17.8 Å². The van der Waals surface area contributed by atoms with Gasteiger partial charge in [0.05, 0.1) is 10.6 Å². The van der Waals surface area contributed by atoms with E-state index in [4.69, 9.17) is 10.2 Å². The Balaban J connectivity index is 1.90. The summed E-state index contributed by atoms with van der Waals surface area (Å²) in [7, 11) is 0. The second kappa shape index (κ2) is 7.98. The summed E-state index contributed by atoms with van der Waals surface area (Å²) < 4.78 is 45.0. The second-order valence-corrected chi connectivity index (χ2v) is 8.77. The summed E-state index contributed by atoms with van der Waals surface area (Å²) in [5.74, 6) is -1.12. The molecule has 0 bridgehead atoms. The maximum Gasteiger partial charge on any atom is 0.400 e. The number of rotatable bonds is 4. The molecule has 0 saturated carbocycles. The summed E-state index contributed by atoms with van der Waals surface area (Å²) in [6.45, 7) is 3.82. The minimum Gasteiger partial charge on any atom is -0.427 e. The quantitative estimate of drug-likeness (QED) is 0.728. The Morgan fingerprint density at radius 2 is 2.00 bits per heavy atom. The minimum absolute atomic E-state index is 0.178. The highest BCUT2D eigenvalue weighted by Gasteiger charge is 2.50. The third-order valence-corrected chi connectivity index (χ3v) is 6.33. The molecule has 31 heavy (non-hydrogen) atoms. The summed E-state index contributed by atoms with van der Waals surface area (Å²) in [5.41, 5.74) is 2.64. The van der Waals surface area contributed by atoms with Crippen LogP contribution in [0.1, 0.15) is 38.1 Å². The topological polar surface area (TPSA) is 119 Å². The number of primary amides is 1. The number of carbonyl (C=O) groups is 2. The van der Waals surface area contributed by atoms with Crippen LogP contribution in [0.3, 0.4) is 0 Å². The smallest absolute Gasteiger partial charge is 0.400 e. The van der Waals surface area contributed by atoms with E-state index in [0.29, 0.717) is 30.0 Å². The van der Waals surface area contributed by atoms with Crippen molar-refractivity contribution in [1.82, 2.24) is 9.88 Å². The van der Waals surface area contributed by atoms with Crippen LogP contribution in [0.4, 0.5) is 23.1 Å². The second-order valence-electron chi connectivity index (χ2n) is 7.77. The number of hydrogen-bond donors (Lipinski definition) is 2. The van der Waals surface area contributed by atoms with Crippen molar-refractivity contribution >= 4 is 28.4 Å². The molecule has 3 amide bonds. The lowest BCUT2D eigenvalue weighted by Gasteiger charge is -2.26. The van der Waals surface area contributed by atoms with Crippen LogP contribution in [0.2, 0.25) is 0 Å². The van der Waals surface area contributed by atoms with Gasteiger partial charge in [-0.3, -0.25) is 10.1 Å². The number of thiazole rings is 1. The molecule has 2 aromatic rings. The number of nitrogens with two attached hydrogens (primary N) is 1. The number of amides is 3. The summed E-state index contributed by atoms with van der Waals surface area (Å²) in [6.07, 6.45) is -3.51. The molecule has 0 aromatic carbocycles. The van der Waals surface area contributed by atoms with Gasteiger partial charge in [0, 0.05) is 18.2 Å². The molecule has 3 heterocycles. The SMILES string of the molecule is Cc1nc(NC(=O)N2CCCC2C(N)=O)sc1-c1cc(C(C)(C)C(F)(F)F)oc(=O)c1. The van der Waals surface area contributed by atoms with Gasteiger partial charge in [0.2, 0.25) is 5.91 Å². The molecule has 1 atom stereocenters. The minimum atomic E-state index is -4.63. The van der Waals surface area contributed by atoms with E-state index in [-0.39, 0.29) is 10.7 Å². The molecule has 0 aliphatic carbocycles. The molecule has 1 aliphatic heterocycles. The summed E-state index contributed by atoms with van der Waals surface area (Å²) in [4.78, 5) is 41.9. The highest BCUT2D eigenvalue weighted by molar-refractivity contribution is 7.19. The zero-order valence-electron chi connectivity index (χ0n) is 17.0. The monoisotopic (exact) mass is 458 g/mol. The van der Waals surface area contributed by atoms with Crippen molar-refractivity contribution in [2.45, 2.75) is 51.2 Å². The fourth-order valence-corrected chi connectivity index (χ4v) is 4.19. The standard InChI is InChI=1S/C19H21F3N4O4S/c1-9-14(10-7-12(30-13(27)8-10)18(2,3)19(20,21)22)31-16(24-9)25-17(29)26-6-4-5-11(26)15(23)28/h7-8,11H,4-6H2,1-3H3,(H2,23,28)(H,24,25,29). The van der Waals surface area contributed by atoms with Crippen LogP contribution < -0.4 is 16.7 Å². The molecule has 3 rings (SSSR count). The van der Waals surface area contributed by atoms with Gasteiger partial charge in [0.15, 0.2) is 5.13 Å². The van der Waals surface area contributed by atoms with Crippen LogP contribution in [-0.4, -0.2) is 40.6 Å². The molecular formula is C19H21F3N4O4S. The zero-order chi connectivity index (χ0) is 23.1.